The molecule has 1 saturated heterocycles. The Balaban J connectivity index is 1.84. The fraction of sp³-hybridized carbons (Fsp3) is 0.529. The second-order valence-corrected chi connectivity index (χ2v) is 6.03. The summed E-state index contributed by atoms with van der Waals surface area (Å²) in [4.78, 5) is 26.0. The minimum absolute atomic E-state index is 0.00778. The summed E-state index contributed by atoms with van der Waals surface area (Å²) in [7, 11) is 1.62. The number of carbonyl (C=O) groups excluding carboxylic acids is 2. The van der Waals surface area contributed by atoms with Crippen LogP contribution in [0.15, 0.2) is 24.3 Å². The molecule has 0 aromatic heterocycles. The van der Waals surface area contributed by atoms with E-state index < -0.39 is 6.04 Å². The normalized spacial score (nSPS) is 18.8. The van der Waals surface area contributed by atoms with Crippen molar-refractivity contribution in [2.75, 3.05) is 13.7 Å². The monoisotopic (exact) mass is 319 g/mol. The van der Waals surface area contributed by atoms with Gasteiger partial charge in [0, 0.05) is 25.6 Å². The minimum atomic E-state index is -0.408. The molecular formula is C17H25N3O3. The van der Waals surface area contributed by atoms with Gasteiger partial charge in [0.25, 0.3) is 0 Å². The Morgan fingerprint density at radius 2 is 2.13 bits per heavy atom. The Hall–Kier alpha value is -2.08. The van der Waals surface area contributed by atoms with Crippen LogP contribution in [0, 0.1) is 0 Å². The van der Waals surface area contributed by atoms with Crippen molar-refractivity contribution in [1.82, 2.24) is 10.2 Å². The lowest BCUT2D eigenvalue weighted by atomic mass is 10.1. The van der Waals surface area contributed by atoms with Crippen LogP contribution in [-0.4, -0.2) is 42.5 Å². The number of nitrogens with two attached hydrogens (primary N) is 1. The molecule has 2 rings (SSSR count). The maximum atomic E-state index is 12.4. The molecule has 0 radical (unpaired) electrons. The number of methoxy groups -OCH3 is 1. The molecule has 0 aliphatic carbocycles. The molecule has 0 bridgehead atoms. The summed E-state index contributed by atoms with van der Waals surface area (Å²) < 4.78 is 5.12. The lowest BCUT2D eigenvalue weighted by Crippen LogP contribution is -2.41. The van der Waals surface area contributed by atoms with Crippen LogP contribution >= 0.6 is 0 Å². The third-order valence-corrected chi connectivity index (χ3v) is 3.99. The minimum Gasteiger partial charge on any atom is -0.497 e. The second kappa shape index (κ2) is 7.97. The maximum Gasteiger partial charge on any atom is 0.245 e. The van der Waals surface area contributed by atoms with E-state index >= 15 is 0 Å². The largest absolute Gasteiger partial charge is 0.497 e. The summed E-state index contributed by atoms with van der Waals surface area (Å²) in [5.41, 5.74) is 6.69. The molecule has 2 unspecified atom stereocenters. The number of ether oxygens (including phenoxy) is 1. The molecule has 2 amide bonds. The number of carbonyl (C=O) groups is 2. The third-order valence-electron chi connectivity index (χ3n) is 3.99. The second-order valence-electron chi connectivity index (χ2n) is 6.03. The molecule has 6 heteroatoms. The summed E-state index contributed by atoms with van der Waals surface area (Å²) in [6, 6.07) is 7.23. The van der Waals surface area contributed by atoms with Gasteiger partial charge < -0.3 is 20.7 Å². The average Bonchev–Trinajstić information content (AvgIpc) is 2.87. The van der Waals surface area contributed by atoms with Crippen LogP contribution in [0.2, 0.25) is 0 Å². The van der Waals surface area contributed by atoms with Crippen molar-refractivity contribution >= 4 is 11.8 Å². The predicted octanol–water partition coefficient (Wildman–Crippen LogP) is 1.04. The van der Waals surface area contributed by atoms with E-state index in [4.69, 9.17) is 10.5 Å². The Bertz CT molecular complexity index is 543. The van der Waals surface area contributed by atoms with Crippen molar-refractivity contribution in [3.8, 4) is 5.75 Å². The van der Waals surface area contributed by atoms with Gasteiger partial charge in [0.05, 0.1) is 7.11 Å². The number of hydrogen-bond donors (Lipinski definition) is 2. The van der Waals surface area contributed by atoms with Gasteiger partial charge in [-0.25, -0.2) is 0 Å². The lowest BCUT2D eigenvalue weighted by Gasteiger charge is -2.17. The quantitative estimate of drug-likeness (QED) is 0.786. The maximum absolute atomic E-state index is 12.4. The molecule has 2 atom stereocenters. The number of nitrogens with zero attached hydrogens (tertiary/aromatic N) is 1. The molecular weight excluding hydrogens is 294 g/mol. The zero-order chi connectivity index (χ0) is 16.8. The van der Waals surface area contributed by atoms with Gasteiger partial charge >= 0.3 is 0 Å². The van der Waals surface area contributed by atoms with E-state index in [0.717, 1.165) is 11.3 Å². The number of likely N-dealkylation sites (tertiary alicyclic amines) is 1. The van der Waals surface area contributed by atoms with Gasteiger partial charge in [-0.1, -0.05) is 12.1 Å². The summed E-state index contributed by atoms with van der Waals surface area (Å²) >= 11 is 0. The smallest absolute Gasteiger partial charge is 0.245 e. The fourth-order valence-corrected chi connectivity index (χ4v) is 2.61. The molecule has 6 nitrogen and oxygen atoms in total. The van der Waals surface area contributed by atoms with E-state index in [1.54, 1.807) is 12.0 Å². The molecule has 1 aliphatic rings. The molecule has 0 spiro atoms. The molecule has 1 fully saturated rings. The molecule has 3 N–H and O–H groups in total. The van der Waals surface area contributed by atoms with Gasteiger partial charge in [0.1, 0.15) is 11.8 Å². The first-order valence-corrected chi connectivity index (χ1v) is 7.96. The number of amides is 2. The number of hydrogen-bond acceptors (Lipinski definition) is 4. The highest BCUT2D eigenvalue weighted by molar-refractivity contribution is 5.89. The molecule has 0 saturated carbocycles. The Kier molecular flexibility index (Phi) is 5.98. The van der Waals surface area contributed by atoms with E-state index in [-0.39, 0.29) is 17.9 Å². The molecule has 1 aromatic carbocycles. The van der Waals surface area contributed by atoms with Crippen molar-refractivity contribution in [2.24, 2.45) is 5.73 Å². The summed E-state index contributed by atoms with van der Waals surface area (Å²) in [6.07, 6.45) is 1.64. The van der Waals surface area contributed by atoms with Crippen molar-refractivity contribution in [2.45, 2.75) is 44.8 Å². The number of rotatable bonds is 7. The van der Waals surface area contributed by atoms with E-state index in [1.807, 2.05) is 31.2 Å². The Morgan fingerprint density at radius 1 is 1.43 bits per heavy atom. The van der Waals surface area contributed by atoms with Gasteiger partial charge in [0.15, 0.2) is 0 Å². The predicted molar refractivity (Wildman–Crippen MR) is 87.8 cm³/mol. The van der Waals surface area contributed by atoms with E-state index in [1.165, 1.54) is 0 Å². The highest BCUT2D eigenvalue weighted by atomic mass is 16.5. The van der Waals surface area contributed by atoms with Gasteiger partial charge in [0.2, 0.25) is 11.8 Å². The van der Waals surface area contributed by atoms with E-state index in [9.17, 15) is 9.59 Å². The van der Waals surface area contributed by atoms with Crippen LogP contribution in [0.25, 0.3) is 0 Å². The van der Waals surface area contributed by atoms with Crippen LogP contribution in [0.1, 0.15) is 31.7 Å². The van der Waals surface area contributed by atoms with Crippen molar-refractivity contribution < 1.29 is 14.3 Å². The SMILES string of the molecule is COc1ccc(CN2CCC(NC(=O)CCC(C)N)C2=O)cc1. The highest BCUT2D eigenvalue weighted by Gasteiger charge is 2.32. The van der Waals surface area contributed by atoms with Crippen molar-refractivity contribution in [3.05, 3.63) is 29.8 Å². The van der Waals surface area contributed by atoms with Gasteiger partial charge in [-0.05, 0) is 37.5 Å². The lowest BCUT2D eigenvalue weighted by molar-refractivity contribution is -0.133. The van der Waals surface area contributed by atoms with Crippen LogP contribution in [0.4, 0.5) is 0 Å². The topological polar surface area (TPSA) is 84.7 Å². The van der Waals surface area contributed by atoms with E-state index in [0.29, 0.717) is 32.4 Å². The first-order valence-electron chi connectivity index (χ1n) is 7.96. The van der Waals surface area contributed by atoms with Gasteiger partial charge in [-0.15, -0.1) is 0 Å². The summed E-state index contributed by atoms with van der Waals surface area (Å²) in [6.45, 7) is 3.07. The van der Waals surface area contributed by atoms with Crippen LogP contribution < -0.4 is 15.8 Å². The first kappa shape index (κ1) is 17.3. The summed E-state index contributed by atoms with van der Waals surface area (Å²) in [5.74, 6) is 0.669. The van der Waals surface area contributed by atoms with Crippen LogP contribution in [0.5, 0.6) is 5.75 Å². The first-order chi connectivity index (χ1) is 11.0. The zero-order valence-electron chi connectivity index (χ0n) is 13.7. The number of benzene rings is 1. The molecule has 1 aliphatic heterocycles. The molecule has 23 heavy (non-hydrogen) atoms. The van der Waals surface area contributed by atoms with Crippen molar-refractivity contribution in [3.63, 3.8) is 0 Å². The summed E-state index contributed by atoms with van der Waals surface area (Å²) in [5, 5.41) is 2.81. The number of nitrogens with one attached hydrogen (secondary N) is 1. The molecule has 126 valence electrons. The third kappa shape index (κ3) is 4.96. The zero-order valence-corrected chi connectivity index (χ0v) is 13.7. The van der Waals surface area contributed by atoms with Crippen LogP contribution in [0.3, 0.4) is 0 Å². The molecule has 1 aromatic rings. The van der Waals surface area contributed by atoms with Crippen LogP contribution in [-0.2, 0) is 16.1 Å². The molecule has 1 heterocycles. The highest BCUT2D eigenvalue weighted by Crippen LogP contribution is 2.17. The average molecular weight is 319 g/mol. The van der Waals surface area contributed by atoms with Gasteiger partial charge in [-0.3, -0.25) is 9.59 Å². The van der Waals surface area contributed by atoms with Crippen molar-refractivity contribution in [1.29, 1.82) is 0 Å². The van der Waals surface area contributed by atoms with Gasteiger partial charge in [-0.2, -0.15) is 0 Å². The Morgan fingerprint density at radius 3 is 2.74 bits per heavy atom. The van der Waals surface area contributed by atoms with E-state index in [2.05, 4.69) is 5.32 Å². The standard InChI is InChI=1S/C17H25N3O3/c1-12(18)3-8-16(21)19-15-9-10-20(17(15)22)11-13-4-6-14(23-2)7-5-13/h4-7,12,15H,3,8-11,18H2,1-2H3,(H,19,21). The Labute approximate surface area is 137 Å². The fourth-order valence-electron chi connectivity index (χ4n) is 2.61.